The Hall–Kier alpha value is -2.70. The molecular formula is C21H23N5O. The predicted octanol–water partition coefficient (Wildman–Crippen LogP) is 3.06. The first-order valence-corrected chi connectivity index (χ1v) is 9.58. The maximum atomic E-state index is 10.2. The van der Waals surface area contributed by atoms with Gasteiger partial charge in [0.1, 0.15) is 11.6 Å². The number of phenols is 1. The van der Waals surface area contributed by atoms with Crippen LogP contribution in [0.4, 0.5) is 5.82 Å². The van der Waals surface area contributed by atoms with Crippen LogP contribution in [0.15, 0.2) is 48.5 Å². The Balaban J connectivity index is 1.52. The molecule has 4 N–H and O–H groups in total. The van der Waals surface area contributed by atoms with Crippen molar-refractivity contribution in [1.82, 2.24) is 20.8 Å². The number of hydrogen-bond donors (Lipinski definition) is 4. The van der Waals surface area contributed by atoms with Gasteiger partial charge in [-0.2, -0.15) is 0 Å². The van der Waals surface area contributed by atoms with Gasteiger partial charge in [-0.3, -0.25) is 10.9 Å². The van der Waals surface area contributed by atoms with E-state index in [0.717, 1.165) is 42.5 Å². The second-order valence-electron chi connectivity index (χ2n) is 7.48. The SMILES string of the molecule is Oc1ccccc1-c1nc(NC2CCC3NNCC3C2)c2ccccc2n1. The lowest BCUT2D eigenvalue weighted by molar-refractivity contribution is 0.314. The van der Waals surface area contributed by atoms with Crippen LogP contribution in [0.5, 0.6) is 5.75 Å². The molecule has 3 unspecified atom stereocenters. The standard InChI is InChI=1S/C21H23N5O/c27-19-8-4-2-6-16(19)21-24-18-7-3-1-5-15(18)20(25-21)23-14-9-10-17-13(11-14)12-22-26-17/h1-8,13-14,17,22,26-27H,9-12H2,(H,23,24,25). The lowest BCUT2D eigenvalue weighted by atomic mass is 9.83. The average Bonchev–Trinajstić information content (AvgIpc) is 3.16. The van der Waals surface area contributed by atoms with Gasteiger partial charge in [0.25, 0.3) is 0 Å². The second-order valence-corrected chi connectivity index (χ2v) is 7.48. The monoisotopic (exact) mass is 361 g/mol. The Morgan fingerprint density at radius 2 is 1.85 bits per heavy atom. The van der Waals surface area contributed by atoms with Crippen molar-refractivity contribution in [3.05, 3.63) is 48.5 Å². The summed E-state index contributed by atoms with van der Waals surface area (Å²) in [6.45, 7) is 1.02. The molecule has 0 amide bonds. The van der Waals surface area contributed by atoms with Gasteiger partial charge in [-0.05, 0) is 49.4 Å². The van der Waals surface area contributed by atoms with E-state index in [1.54, 1.807) is 12.1 Å². The van der Waals surface area contributed by atoms with Crippen LogP contribution in [0.2, 0.25) is 0 Å². The molecule has 6 heteroatoms. The van der Waals surface area contributed by atoms with Crippen LogP contribution in [0.1, 0.15) is 19.3 Å². The van der Waals surface area contributed by atoms with Crippen molar-refractivity contribution >= 4 is 16.7 Å². The van der Waals surface area contributed by atoms with Gasteiger partial charge in [-0.25, -0.2) is 9.97 Å². The number of rotatable bonds is 3. The molecule has 138 valence electrons. The summed E-state index contributed by atoms with van der Waals surface area (Å²) in [6.07, 6.45) is 3.39. The molecule has 1 aliphatic heterocycles. The number of nitrogens with zero attached hydrogens (tertiary/aromatic N) is 2. The summed E-state index contributed by atoms with van der Waals surface area (Å²) >= 11 is 0. The lowest BCUT2D eigenvalue weighted by Crippen LogP contribution is -2.39. The van der Waals surface area contributed by atoms with Crippen molar-refractivity contribution in [2.75, 3.05) is 11.9 Å². The van der Waals surface area contributed by atoms with Crippen molar-refractivity contribution < 1.29 is 5.11 Å². The highest BCUT2D eigenvalue weighted by Gasteiger charge is 2.34. The van der Waals surface area contributed by atoms with E-state index in [-0.39, 0.29) is 5.75 Å². The van der Waals surface area contributed by atoms with E-state index in [2.05, 4.69) is 27.2 Å². The summed E-state index contributed by atoms with van der Waals surface area (Å²) in [4.78, 5) is 9.48. The molecule has 0 spiro atoms. The quantitative estimate of drug-likeness (QED) is 0.574. The Bertz CT molecular complexity index is 976. The minimum atomic E-state index is 0.197. The molecule has 3 aromatic rings. The molecule has 6 nitrogen and oxygen atoms in total. The normalized spacial score (nSPS) is 24.7. The largest absolute Gasteiger partial charge is 0.507 e. The molecule has 27 heavy (non-hydrogen) atoms. The Labute approximate surface area is 158 Å². The third-order valence-corrected chi connectivity index (χ3v) is 5.72. The van der Waals surface area contributed by atoms with Gasteiger partial charge in [0.05, 0.1) is 11.1 Å². The number of nitrogens with one attached hydrogen (secondary N) is 3. The second kappa shape index (κ2) is 6.79. The van der Waals surface area contributed by atoms with Gasteiger partial charge in [-0.1, -0.05) is 24.3 Å². The van der Waals surface area contributed by atoms with Crippen LogP contribution >= 0.6 is 0 Å². The fourth-order valence-corrected chi connectivity index (χ4v) is 4.29. The van der Waals surface area contributed by atoms with Gasteiger partial charge >= 0.3 is 0 Å². The van der Waals surface area contributed by atoms with E-state index in [9.17, 15) is 5.11 Å². The number of benzene rings is 2. The number of hydrazine groups is 1. The molecule has 1 saturated carbocycles. The van der Waals surface area contributed by atoms with Crippen LogP contribution in [-0.2, 0) is 0 Å². The van der Waals surface area contributed by atoms with Crippen molar-refractivity contribution in [2.24, 2.45) is 5.92 Å². The fraction of sp³-hybridized carbons (Fsp3) is 0.333. The summed E-state index contributed by atoms with van der Waals surface area (Å²) in [5.74, 6) is 2.25. The van der Waals surface area contributed by atoms with Crippen LogP contribution in [0.3, 0.4) is 0 Å². The minimum absolute atomic E-state index is 0.197. The van der Waals surface area contributed by atoms with Gasteiger partial charge < -0.3 is 10.4 Å². The van der Waals surface area contributed by atoms with Gasteiger partial charge in [0, 0.05) is 24.0 Å². The smallest absolute Gasteiger partial charge is 0.165 e. The molecule has 2 heterocycles. The maximum absolute atomic E-state index is 10.2. The molecule has 2 fully saturated rings. The number of anilines is 1. The van der Waals surface area contributed by atoms with E-state index in [1.807, 2.05) is 30.3 Å². The summed E-state index contributed by atoms with van der Waals surface area (Å²) < 4.78 is 0. The van der Waals surface area contributed by atoms with E-state index >= 15 is 0 Å². The number of aromatic nitrogens is 2. The number of fused-ring (bicyclic) bond motifs is 2. The van der Waals surface area contributed by atoms with E-state index in [4.69, 9.17) is 4.98 Å². The zero-order valence-electron chi connectivity index (χ0n) is 15.0. The van der Waals surface area contributed by atoms with Crippen molar-refractivity contribution in [3.63, 3.8) is 0 Å². The summed E-state index contributed by atoms with van der Waals surface area (Å²) in [5.41, 5.74) is 8.19. The molecule has 1 aliphatic carbocycles. The third kappa shape index (κ3) is 3.11. The lowest BCUT2D eigenvalue weighted by Gasteiger charge is -2.31. The average molecular weight is 361 g/mol. The summed E-state index contributed by atoms with van der Waals surface area (Å²) in [5, 5.41) is 14.9. The zero-order chi connectivity index (χ0) is 18.2. The van der Waals surface area contributed by atoms with Gasteiger partial charge in [-0.15, -0.1) is 0 Å². The Morgan fingerprint density at radius 3 is 2.78 bits per heavy atom. The van der Waals surface area contributed by atoms with Crippen molar-refractivity contribution in [3.8, 4) is 17.1 Å². The van der Waals surface area contributed by atoms with E-state index in [1.165, 1.54) is 0 Å². The van der Waals surface area contributed by atoms with Gasteiger partial charge in [0.15, 0.2) is 5.82 Å². The molecule has 5 rings (SSSR count). The topological polar surface area (TPSA) is 82.1 Å². The Morgan fingerprint density at radius 1 is 1.00 bits per heavy atom. The molecule has 0 radical (unpaired) electrons. The fourth-order valence-electron chi connectivity index (χ4n) is 4.29. The zero-order valence-corrected chi connectivity index (χ0v) is 15.0. The van der Waals surface area contributed by atoms with Gasteiger partial charge in [0.2, 0.25) is 0 Å². The highest BCUT2D eigenvalue weighted by Crippen LogP contribution is 2.33. The molecule has 0 bridgehead atoms. The Kier molecular flexibility index (Phi) is 4.14. The van der Waals surface area contributed by atoms with Crippen LogP contribution in [-0.4, -0.2) is 33.7 Å². The van der Waals surface area contributed by atoms with Crippen LogP contribution < -0.4 is 16.2 Å². The molecule has 1 aromatic heterocycles. The molecular weight excluding hydrogens is 338 g/mol. The third-order valence-electron chi connectivity index (χ3n) is 5.72. The van der Waals surface area contributed by atoms with Crippen LogP contribution in [0.25, 0.3) is 22.3 Å². The van der Waals surface area contributed by atoms with E-state index in [0.29, 0.717) is 29.4 Å². The highest BCUT2D eigenvalue weighted by molar-refractivity contribution is 5.91. The summed E-state index contributed by atoms with van der Waals surface area (Å²) in [6, 6.07) is 16.2. The molecule has 2 aliphatic rings. The van der Waals surface area contributed by atoms with Crippen LogP contribution in [0, 0.1) is 5.92 Å². The number of phenolic OH excluding ortho intramolecular Hbond substituents is 1. The number of aromatic hydroxyl groups is 1. The number of para-hydroxylation sites is 2. The number of hydrogen-bond acceptors (Lipinski definition) is 6. The molecule has 1 saturated heterocycles. The molecule has 3 atom stereocenters. The highest BCUT2D eigenvalue weighted by atomic mass is 16.3. The van der Waals surface area contributed by atoms with Crippen molar-refractivity contribution in [1.29, 1.82) is 0 Å². The predicted molar refractivity (Wildman–Crippen MR) is 106 cm³/mol. The van der Waals surface area contributed by atoms with E-state index < -0.39 is 0 Å². The summed E-state index contributed by atoms with van der Waals surface area (Å²) in [7, 11) is 0. The first-order valence-electron chi connectivity index (χ1n) is 9.58. The maximum Gasteiger partial charge on any atom is 0.165 e. The molecule has 2 aromatic carbocycles. The first kappa shape index (κ1) is 16.5. The first-order chi connectivity index (χ1) is 13.3. The minimum Gasteiger partial charge on any atom is -0.507 e. The van der Waals surface area contributed by atoms with Crippen molar-refractivity contribution in [2.45, 2.75) is 31.3 Å².